The highest BCUT2D eigenvalue weighted by Crippen LogP contribution is 2.24. The minimum Gasteiger partial charge on any atom is -0.495 e. The second kappa shape index (κ2) is 9.07. The van der Waals surface area contributed by atoms with Crippen LogP contribution in [0.4, 0.5) is 14.5 Å². The lowest BCUT2D eigenvalue weighted by Gasteiger charge is -2.36. The summed E-state index contributed by atoms with van der Waals surface area (Å²) in [5.41, 5.74) is 0.552. The summed E-state index contributed by atoms with van der Waals surface area (Å²) in [7, 11) is -2.43. The number of carbonyl (C=O) groups is 1. The smallest absolute Gasteiger partial charge is 0.243 e. The fraction of sp³-hybridized carbons (Fsp3) is 0.350. The van der Waals surface area contributed by atoms with Crippen molar-refractivity contribution in [3.63, 3.8) is 0 Å². The minimum absolute atomic E-state index is 0.133. The van der Waals surface area contributed by atoms with Gasteiger partial charge in [-0.05, 0) is 37.3 Å². The second-order valence-electron chi connectivity index (χ2n) is 6.88. The van der Waals surface area contributed by atoms with Gasteiger partial charge in [0.05, 0.1) is 23.7 Å². The van der Waals surface area contributed by atoms with Crippen LogP contribution in [-0.4, -0.2) is 62.9 Å². The highest BCUT2D eigenvalue weighted by Gasteiger charge is 2.32. The molecule has 1 unspecified atom stereocenters. The normalized spacial score (nSPS) is 16.8. The van der Waals surface area contributed by atoms with Gasteiger partial charge >= 0.3 is 0 Å². The first kappa shape index (κ1) is 22.1. The fourth-order valence-corrected chi connectivity index (χ4v) is 4.70. The summed E-state index contributed by atoms with van der Waals surface area (Å²) >= 11 is 0. The van der Waals surface area contributed by atoms with Crippen LogP contribution in [-0.2, 0) is 14.8 Å². The molecule has 0 aromatic heterocycles. The molecule has 1 heterocycles. The van der Waals surface area contributed by atoms with Crippen molar-refractivity contribution in [2.24, 2.45) is 0 Å². The average molecular weight is 439 g/mol. The van der Waals surface area contributed by atoms with Gasteiger partial charge in [-0.1, -0.05) is 12.1 Å². The van der Waals surface area contributed by atoms with Crippen molar-refractivity contribution in [1.82, 2.24) is 9.21 Å². The molecule has 0 spiro atoms. The molecule has 0 aliphatic carbocycles. The van der Waals surface area contributed by atoms with E-state index in [0.717, 1.165) is 12.1 Å². The number of nitrogens with one attached hydrogen (secondary N) is 1. The molecule has 10 heteroatoms. The molecule has 30 heavy (non-hydrogen) atoms. The Morgan fingerprint density at radius 1 is 1.07 bits per heavy atom. The number of sulfonamides is 1. The number of hydrogen-bond acceptors (Lipinski definition) is 5. The van der Waals surface area contributed by atoms with Gasteiger partial charge in [-0.15, -0.1) is 0 Å². The zero-order chi connectivity index (χ0) is 21.9. The van der Waals surface area contributed by atoms with Crippen LogP contribution < -0.4 is 10.1 Å². The Hall–Kier alpha value is -2.56. The molecule has 3 rings (SSSR count). The molecule has 1 amide bonds. The highest BCUT2D eigenvalue weighted by molar-refractivity contribution is 7.89. The van der Waals surface area contributed by atoms with Crippen LogP contribution in [0.25, 0.3) is 0 Å². The summed E-state index contributed by atoms with van der Waals surface area (Å²) in [6.07, 6.45) is 0. The van der Waals surface area contributed by atoms with Gasteiger partial charge in [-0.25, -0.2) is 17.2 Å². The lowest BCUT2D eigenvalue weighted by atomic mass is 10.2. The van der Waals surface area contributed by atoms with E-state index in [0.29, 0.717) is 30.6 Å². The fourth-order valence-electron chi connectivity index (χ4n) is 3.27. The number of benzene rings is 2. The molecule has 0 bridgehead atoms. The number of nitrogens with zero attached hydrogens (tertiary/aromatic N) is 2. The number of methoxy groups -OCH3 is 1. The van der Waals surface area contributed by atoms with Crippen molar-refractivity contribution in [2.45, 2.75) is 17.9 Å². The maximum atomic E-state index is 13.4. The van der Waals surface area contributed by atoms with E-state index in [1.165, 1.54) is 11.4 Å². The molecule has 0 saturated carbocycles. The largest absolute Gasteiger partial charge is 0.495 e. The number of amides is 1. The number of para-hydroxylation sites is 2. The Morgan fingerprint density at radius 3 is 2.37 bits per heavy atom. The van der Waals surface area contributed by atoms with E-state index in [2.05, 4.69) is 5.32 Å². The predicted octanol–water partition coefficient (Wildman–Crippen LogP) is 2.31. The Morgan fingerprint density at radius 2 is 1.73 bits per heavy atom. The third kappa shape index (κ3) is 4.61. The van der Waals surface area contributed by atoms with E-state index in [-0.39, 0.29) is 23.9 Å². The van der Waals surface area contributed by atoms with E-state index in [1.807, 2.05) is 4.90 Å². The Bertz CT molecular complexity index is 1020. The van der Waals surface area contributed by atoms with Gasteiger partial charge in [0, 0.05) is 26.2 Å². The van der Waals surface area contributed by atoms with E-state index in [4.69, 9.17) is 4.74 Å². The molecule has 1 N–H and O–H groups in total. The average Bonchev–Trinajstić information content (AvgIpc) is 2.75. The third-order valence-electron chi connectivity index (χ3n) is 5.09. The summed E-state index contributed by atoms with van der Waals surface area (Å²) in [6, 6.07) is 9.07. The van der Waals surface area contributed by atoms with Crippen molar-refractivity contribution in [3.05, 3.63) is 54.1 Å². The first-order valence-electron chi connectivity index (χ1n) is 9.37. The number of anilines is 1. The SMILES string of the molecule is COc1ccccc1NC(=O)C(C)N1CCN(S(=O)(=O)c2ccc(F)c(F)c2)CC1. The molecular weight excluding hydrogens is 416 g/mol. The minimum atomic E-state index is -3.95. The monoisotopic (exact) mass is 439 g/mol. The number of hydrogen-bond donors (Lipinski definition) is 1. The van der Waals surface area contributed by atoms with E-state index in [9.17, 15) is 22.0 Å². The summed E-state index contributed by atoms with van der Waals surface area (Å²) < 4.78 is 58.4. The molecule has 2 aromatic rings. The molecule has 1 aliphatic heterocycles. The summed E-state index contributed by atoms with van der Waals surface area (Å²) in [5.74, 6) is -2.01. The number of ether oxygens (including phenoxy) is 1. The van der Waals surface area contributed by atoms with Gasteiger partial charge in [0.1, 0.15) is 5.75 Å². The van der Waals surface area contributed by atoms with Gasteiger partial charge in [0.15, 0.2) is 11.6 Å². The van der Waals surface area contributed by atoms with E-state index >= 15 is 0 Å². The zero-order valence-corrected chi connectivity index (χ0v) is 17.5. The zero-order valence-electron chi connectivity index (χ0n) is 16.6. The van der Waals surface area contributed by atoms with Crippen molar-refractivity contribution in [3.8, 4) is 5.75 Å². The maximum absolute atomic E-state index is 13.4. The number of rotatable bonds is 6. The Labute approximate surface area is 174 Å². The van der Waals surface area contributed by atoms with Gasteiger partial charge in [0.2, 0.25) is 15.9 Å². The molecule has 2 aromatic carbocycles. The first-order valence-corrected chi connectivity index (χ1v) is 10.8. The standard InChI is InChI=1S/C20H23F2N3O4S/c1-14(20(26)23-18-5-3-4-6-19(18)29-2)24-9-11-25(12-10-24)30(27,28)15-7-8-16(21)17(22)13-15/h3-8,13-14H,9-12H2,1-2H3,(H,23,26). The molecule has 0 radical (unpaired) electrons. The number of carbonyl (C=O) groups excluding carboxylic acids is 1. The maximum Gasteiger partial charge on any atom is 0.243 e. The predicted molar refractivity (Wildman–Crippen MR) is 108 cm³/mol. The van der Waals surface area contributed by atoms with Crippen LogP contribution in [0.1, 0.15) is 6.92 Å². The summed E-state index contributed by atoms with van der Waals surface area (Å²) in [5, 5.41) is 2.82. The summed E-state index contributed by atoms with van der Waals surface area (Å²) in [6.45, 7) is 2.65. The molecule has 1 aliphatic rings. The van der Waals surface area contributed by atoms with E-state index in [1.54, 1.807) is 31.2 Å². The number of piperazine rings is 1. The second-order valence-corrected chi connectivity index (χ2v) is 8.82. The van der Waals surface area contributed by atoms with Crippen LogP contribution in [0.5, 0.6) is 5.75 Å². The van der Waals surface area contributed by atoms with Crippen LogP contribution >= 0.6 is 0 Å². The van der Waals surface area contributed by atoms with Gasteiger partial charge in [0.25, 0.3) is 0 Å². The van der Waals surface area contributed by atoms with Crippen molar-refractivity contribution in [2.75, 3.05) is 38.6 Å². The van der Waals surface area contributed by atoms with Crippen LogP contribution in [0.15, 0.2) is 47.4 Å². The molecule has 1 fully saturated rings. The topological polar surface area (TPSA) is 79.0 Å². The van der Waals surface area contributed by atoms with Crippen LogP contribution in [0.2, 0.25) is 0 Å². The van der Waals surface area contributed by atoms with Crippen molar-refractivity contribution in [1.29, 1.82) is 0 Å². The molecule has 1 saturated heterocycles. The lowest BCUT2D eigenvalue weighted by molar-refractivity contribution is -0.121. The highest BCUT2D eigenvalue weighted by atomic mass is 32.2. The van der Waals surface area contributed by atoms with Crippen LogP contribution in [0.3, 0.4) is 0 Å². The first-order chi connectivity index (χ1) is 14.2. The van der Waals surface area contributed by atoms with Crippen molar-refractivity contribution >= 4 is 21.6 Å². The quantitative estimate of drug-likeness (QED) is 0.747. The Kier molecular flexibility index (Phi) is 6.69. The van der Waals surface area contributed by atoms with E-state index < -0.39 is 27.7 Å². The molecule has 7 nitrogen and oxygen atoms in total. The number of halogens is 2. The molecular formula is C20H23F2N3O4S. The molecule has 1 atom stereocenters. The van der Waals surface area contributed by atoms with Gasteiger partial charge in [-0.3, -0.25) is 9.69 Å². The lowest BCUT2D eigenvalue weighted by Crippen LogP contribution is -2.53. The van der Waals surface area contributed by atoms with Crippen molar-refractivity contribution < 1.29 is 26.7 Å². The Balaban J connectivity index is 1.63. The third-order valence-corrected chi connectivity index (χ3v) is 6.99. The summed E-state index contributed by atoms with van der Waals surface area (Å²) in [4.78, 5) is 14.2. The molecule has 162 valence electrons. The van der Waals surface area contributed by atoms with Gasteiger partial charge in [-0.2, -0.15) is 4.31 Å². The van der Waals surface area contributed by atoms with Gasteiger partial charge < -0.3 is 10.1 Å². The van der Waals surface area contributed by atoms with Crippen LogP contribution in [0, 0.1) is 11.6 Å².